The predicted molar refractivity (Wildman–Crippen MR) is 152 cm³/mol. The highest BCUT2D eigenvalue weighted by atomic mass is 14.4. The van der Waals surface area contributed by atoms with Crippen molar-refractivity contribution in [3.8, 4) is 0 Å². The molecule has 0 spiro atoms. The summed E-state index contributed by atoms with van der Waals surface area (Å²) < 4.78 is 0. The molecule has 0 heteroatoms. The van der Waals surface area contributed by atoms with Crippen LogP contribution >= 0.6 is 0 Å². The van der Waals surface area contributed by atoms with E-state index in [-0.39, 0.29) is 0 Å². The minimum atomic E-state index is 0.470. The SMILES string of the molecule is C=C(CCCC1(CCC)CC(CCC)CC(c2ccccc2)C1)C(=C)c1ccccc1/C=C\C. The molecule has 0 radical (unpaired) electrons. The Kier molecular flexibility index (Phi) is 10.00. The molecular weight excluding hydrogens is 408 g/mol. The van der Waals surface area contributed by atoms with Gasteiger partial charge in [-0.15, -0.1) is 0 Å². The van der Waals surface area contributed by atoms with Gasteiger partial charge in [0, 0.05) is 0 Å². The van der Waals surface area contributed by atoms with E-state index >= 15 is 0 Å². The van der Waals surface area contributed by atoms with Crippen LogP contribution in [0.3, 0.4) is 0 Å². The number of hydrogen-bond acceptors (Lipinski definition) is 0. The molecule has 1 saturated carbocycles. The third-order valence-electron chi connectivity index (χ3n) is 8.01. The molecule has 0 N–H and O–H groups in total. The minimum absolute atomic E-state index is 0.470. The van der Waals surface area contributed by atoms with Crippen molar-refractivity contribution in [2.45, 2.75) is 90.9 Å². The third kappa shape index (κ3) is 6.84. The Bertz CT molecular complexity index is 947. The molecule has 3 atom stereocenters. The van der Waals surface area contributed by atoms with Gasteiger partial charge in [0.2, 0.25) is 0 Å². The fraction of sp³-hybridized carbons (Fsp3) is 0.471. The second kappa shape index (κ2) is 12.9. The van der Waals surface area contributed by atoms with Crippen LogP contribution in [0.1, 0.15) is 108 Å². The van der Waals surface area contributed by atoms with Crippen molar-refractivity contribution in [3.05, 3.63) is 96.1 Å². The molecule has 182 valence electrons. The van der Waals surface area contributed by atoms with Crippen LogP contribution in [0.2, 0.25) is 0 Å². The Morgan fingerprint density at radius 1 is 0.941 bits per heavy atom. The minimum Gasteiger partial charge on any atom is -0.0952 e. The van der Waals surface area contributed by atoms with Gasteiger partial charge in [-0.05, 0) is 97.0 Å². The van der Waals surface area contributed by atoms with Crippen molar-refractivity contribution in [2.24, 2.45) is 11.3 Å². The maximum atomic E-state index is 4.47. The highest BCUT2D eigenvalue weighted by molar-refractivity contribution is 5.81. The van der Waals surface area contributed by atoms with Crippen molar-refractivity contribution in [1.29, 1.82) is 0 Å². The van der Waals surface area contributed by atoms with E-state index in [1.165, 1.54) is 74.5 Å². The average molecular weight is 455 g/mol. The quantitative estimate of drug-likeness (QED) is 0.280. The molecule has 2 aromatic carbocycles. The summed E-state index contributed by atoms with van der Waals surface area (Å²) in [6.45, 7) is 15.7. The Balaban J connectivity index is 1.70. The predicted octanol–water partition coefficient (Wildman–Crippen LogP) is 10.6. The van der Waals surface area contributed by atoms with E-state index in [2.05, 4.69) is 101 Å². The van der Waals surface area contributed by atoms with E-state index in [4.69, 9.17) is 0 Å². The van der Waals surface area contributed by atoms with Crippen molar-refractivity contribution in [3.63, 3.8) is 0 Å². The molecule has 1 aliphatic rings. The van der Waals surface area contributed by atoms with Crippen LogP contribution in [0.4, 0.5) is 0 Å². The third-order valence-corrected chi connectivity index (χ3v) is 8.01. The van der Waals surface area contributed by atoms with Gasteiger partial charge in [-0.25, -0.2) is 0 Å². The summed E-state index contributed by atoms with van der Waals surface area (Å²) in [5.74, 6) is 1.57. The van der Waals surface area contributed by atoms with Gasteiger partial charge in [0.25, 0.3) is 0 Å². The highest BCUT2D eigenvalue weighted by Crippen LogP contribution is 2.53. The molecule has 0 aliphatic heterocycles. The summed E-state index contributed by atoms with van der Waals surface area (Å²) in [7, 11) is 0. The van der Waals surface area contributed by atoms with E-state index in [1.54, 1.807) is 5.56 Å². The lowest BCUT2D eigenvalue weighted by atomic mass is 9.59. The maximum Gasteiger partial charge on any atom is -0.0115 e. The number of allylic oxidation sites excluding steroid dienone is 3. The average Bonchev–Trinajstić information content (AvgIpc) is 2.85. The first-order valence-corrected chi connectivity index (χ1v) is 13.7. The first-order chi connectivity index (χ1) is 16.5. The summed E-state index contributed by atoms with van der Waals surface area (Å²) >= 11 is 0. The van der Waals surface area contributed by atoms with Crippen molar-refractivity contribution >= 4 is 11.6 Å². The van der Waals surface area contributed by atoms with E-state index in [0.29, 0.717) is 11.3 Å². The van der Waals surface area contributed by atoms with Gasteiger partial charge in [0.1, 0.15) is 0 Å². The largest absolute Gasteiger partial charge is 0.0952 e. The van der Waals surface area contributed by atoms with Crippen molar-refractivity contribution in [1.82, 2.24) is 0 Å². The zero-order valence-corrected chi connectivity index (χ0v) is 22.0. The van der Waals surface area contributed by atoms with Gasteiger partial charge < -0.3 is 0 Å². The zero-order chi connectivity index (χ0) is 24.4. The Hall–Kier alpha value is -2.34. The normalized spacial score (nSPS) is 22.7. The van der Waals surface area contributed by atoms with Gasteiger partial charge in [-0.1, -0.05) is 113 Å². The van der Waals surface area contributed by atoms with Crippen LogP contribution in [0.25, 0.3) is 11.6 Å². The van der Waals surface area contributed by atoms with E-state index in [9.17, 15) is 0 Å². The lowest BCUT2D eigenvalue weighted by Gasteiger charge is -2.45. The van der Waals surface area contributed by atoms with E-state index in [1.807, 2.05) is 0 Å². The summed E-state index contributed by atoms with van der Waals surface area (Å²) in [6.07, 6.45) is 17.3. The molecule has 1 fully saturated rings. The summed E-state index contributed by atoms with van der Waals surface area (Å²) in [6, 6.07) is 19.9. The molecule has 3 unspecified atom stereocenters. The van der Waals surface area contributed by atoms with Crippen molar-refractivity contribution < 1.29 is 0 Å². The van der Waals surface area contributed by atoms with Crippen LogP contribution < -0.4 is 0 Å². The standard InChI is InChI=1S/C34H46/c1-6-15-29-24-32(30-18-10-9-11-19-30)26-34(25-29,22-8-3)23-14-17-27(4)28(5)33-21-13-12-20-31(33)16-7-2/h7,9-13,16,18-21,29,32H,4-6,8,14-15,17,22-26H2,1-3H3/b16-7-. The Morgan fingerprint density at radius 3 is 2.38 bits per heavy atom. The first-order valence-electron chi connectivity index (χ1n) is 13.7. The first kappa shape index (κ1) is 26.3. The highest BCUT2D eigenvalue weighted by Gasteiger charge is 2.39. The molecule has 0 bridgehead atoms. The lowest BCUT2D eigenvalue weighted by molar-refractivity contribution is 0.0891. The van der Waals surface area contributed by atoms with Crippen molar-refractivity contribution in [2.75, 3.05) is 0 Å². The number of rotatable bonds is 12. The van der Waals surface area contributed by atoms with Crippen LogP contribution in [0.5, 0.6) is 0 Å². The second-order valence-corrected chi connectivity index (χ2v) is 10.7. The number of benzene rings is 2. The molecule has 3 rings (SSSR count). The monoisotopic (exact) mass is 454 g/mol. The van der Waals surface area contributed by atoms with Gasteiger partial charge >= 0.3 is 0 Å². The van der Waals surface area contributed by atoms with Crippen LogP contribution in [0, 0.1) is 11.3 Å². The molecule has 34 heavy (non-hydrogen) atoms. The number of hydrogen-bond donors (Lipinski definition) is 0. The molecule has 1 aliphatic carbocycles. The van der Waals surface area contributed by atoms with Gasteiger partial charge in [-0.2, -0.15) is 0 Å². The zero-order valence-electron chi connectivity index (χ0n) is 22.0. The molecule has 0 nitrogen and oxygen atoms in total. The van der Waals surface area contributed by atoms with Crippen LogP contribution in [0.15, 0.2) is 79.4 Å². The topological polar surface area (TPSA) is 0 Å². The summed E-state index contributed by atoms with van der Waals surface area (Å²) in [4.78, 5) is 0. The van der Waals surface area contributed by atoms with Gasteiger partial charge in [-0.3, -0.25) is 0 Å². The Morgan fingerprint density at radius 2 is 1.68 bits per heavy atom. The van der Waals surface area contributed by atoms with E-state index in [0.717, 1.165) is 17.9 Å². The maximum absolute atomic E-state index is 4.47. The lowest BCUT2D eigenvalue weighted by Crippen LogP contribution is -2.33. The molecule has 2 aromatic rings. The summed E-state index contributed by atoms with van der Waals surface area (Å²) in [5, 5.41) is 0. The summed E-state index contributed by atoms with van der Waals surface area (Å²) in [5.41, 5.74) is 6.79. The van der Waals surface area contributed by atoms with Crippen LogP contribution in [-0.2, 0) is 0 Å². The van der Waals surface area contributed by atoms with Gasteiger partial charge in [0.05, 0.1) is 0 Å². The molecule has 0 amide bonds. The van der Waals surface area contributed by atoms with Crippen LogP contribution in [-0.4, -0.2) is 0 Å². The van der Waals surface area contributed by atoms with Gasteiger partial charge in [0.15, 0.2) is 0 Å². The molecule has 0 heterocycles. The smallest absolute Gasteiger partial charge is 0.0115 e. The Labute approximate surface area is 209 Å². The fourth-order valence-electron chi connectivity index (χ4n) is 6.57. The van der Waals surface area contributed by atoms with E-state index < -0.39 is 0 Å². The second-order valence-electron chi connectivity index (χ2n) is 10.7. The molecule has 0 aromatic heterocycles. The molecular formula is C34H46. The molecule has 0 saturated heterocycles. The fourth-order valence-corrected chi connectivity index (χ4v) is 6.57.